The first kappa shape index (κ1) is 22.0. The second kappa shape index (κ2) is 9.80. The predicted molar refractivity (Wildman–Crippen MR) is 112 cm³/mol. The van der Waals surface area contributed by atoms with E-state index in [0.717, 1.165) is 11.8 Å². The summed E-state index contributed by atoms with van der Waals surface area (Å²) >= 11 is 5.87. The number of amides is 1. The number of carbonyl (C=O) groups excluding carboxylic acids is 1. The van der Waals surface area contributed by atoms with Crippen LogP contribution in [0.5, 0.6) is 5.75 Å². The van der Waals surface area contributed by atoms with Crippen LogP contribution in [0.4, 0.5) is 5.69 Å². The number of rotatable bonds is 9. The first-order chi connectivity index (χ1) is 13.2. The number of anilines is 1. The summed E-state index contributed by atoms with van der Waals surface area (Å²) in [5.41, 5.74) is 1.41. The van der Waals surface area contributed by atoms with Gasteiger partial charge in [0.1, 0.15) is 5.75 Å². The summed E-state index contributed by atoms with van der Waals surface area (Å²) in [7, 11) is -1.87. The van der Waals surface area contributed by atoms with Gasteiger partial charge in [-0.1, -0.05) is 29.8 Å². The quantitative estimate of drug-likeness (QED) is 0.664. The molecule has 8 heteroatoms. The highest BCUT2D eigenvalue weighted by molar-refractivity contribution is 7.92. The second-order valence-electron chi connectivity index (χ2n) is 6.45. The van der Waals surface area contributed by atoms with Crippen molar-refractivity contribution in [1.82, 2.24) is 5.32 Å². The normalized spacial score (nSPS) is 12.3. The van der Waals surface area contributed by atoms with Gasteiger partial charge in [-0.05, 0) is 43.7 Å². The van der Waals surface area contributed by atoms with E-state index in [1.165, 1.54) is 4.31 Å². The maximum Gasteiger partial charge on any atom is 0.232 e. The second-order valence-corrected chi connectivity index (χ2v) is 8.79. The largest absolute Gasteiger partial charge is 0.496 e. The van der Waals surface area contributed by atoms with Crippen molar-refractivity contribution in [1.29, 1.82) is 0 Å². The van der Waals surface area contributed by atoms with Crippen molar-refractivity contribution < 1.29 is 17.9 Å². The third-order valence-corrected chi connectivity index (χ3v) is 5.71. The Labute approximate surface area is 171 Å². The van der Waals surface area contributed by atoms with Crippen LogP contribution in [0.1, 0.15) is 31.4 Å². The van der Waals surface area contributed by atoms with Crippen LogP contribution in [0.2, 0.25) is 5.02 Å². The lowest BCUT2D eigenvalue weighted by molar-refractivity contribution is -0.121. The highest BCUT2D eigenvalue weighted by atomic mass is 35.5. The van der Waals surface area contributed by atoms with Crippen molar-refractivity contribution in [3.05, 3.63) is 59.1 Å². The number of hydrogen-bond donors (Lipinski definition) is 1. The van der Waals surface area contributed by atoms with E-state index in [9.17, 15) is 13.2 Å². The summed E-state index contributed by atoms with van der Waals surface area (Å²) in [5, 5.41) is 3.46. The van der Waals surface area contributed by atoms with Crippen LogP contribution in [0.15, 0.2) is 48.5 Å². The summed E-state index contributed by atoms with van der Waals surface area (Å²) < 4.78 is 30.8. The van der Waals surface area contributed by atoms with Gasteiger partial charge in [-0.2, -0.15) is 0 Å². The molecule has 0 saturated heterocycles. The zero-order valence-corrected chi connectivity index (χ0v) is 17.8. The zero-order chi connectivity index (χ0) is 20.7. The average molecular weight is 425 g/mol. The van der Waals surface area contributed by atoms with Crippen LogP contribution in [0.3, 0.4) is 0 Å². The standard InChI is InChI=1S/C20H25ClN2O4S/c1-15(18-7-4-5-8-19(18)27-2)22-20(24)9-6-14-23(28(3,25)26)17-12-10-16(21)11-13-17/h4-5,7-8,10-13,15H,6,9,14H2,1-3H3,(H,22,24)/t15-/m0/s1. The van der Waals surface area contributed by atoms with Crippen molar-refractivity contribution in [2.24, 2.45) is 0 Å². The third kappa shape index (κ3) is 6.14. The Hall–Kier alpha value is -2.25. The molecular formula is C20H25ClN2O4S. The molecule has 0 radical (unpaired) electrons. The number of methoxy groups -OCH3 is 1. The SMILES string of the molecule is COc1ccccc1[C@H](C)NC(=O)CCCN(c1ccc(Cl)cc1)S(C)(=O)=O. The van der Waals surface area contributed by atoms with Crippen molar-refractivity contribution in [2.75, 3.05) is 24.2 Å². The number of hydrogen-bond acceptors (Lipinski definition) is 4. The average Bonchev–Trinajstić information content (AvgIpc) is 2.65. The van der Waals surface area contributed by atoms with Crippen molar-refractivity contribution >= 4 is 33.2 Å². The van der Waals surface area contributed by atoms with E-state index in [1.807, 2.05) is 31.2 Å². The molecule has 1 N–H and O–H groups in total. The molecular weight excluding hydrogens is 400 g/mol. The van der Waals surface area contributed by atoms with Crippen LogP contribution in [0.25, 0.3) is 0 Å². The molecule has 28 heavy (non-hydrogen) atoms. The molecule has 0 spiro atoms. The van der Waals surface area contributed by atoms with Gasteiger partial charge >= 0.3 is 0 Å². The number of nitrogens with one attached hydrogen (secondary N) is 1. The Morgan fingerprint density at radius 3 is 2.43 bits per heavy atom. The summed E-state index contributed by atoms with van der Waals surface area (Å²) in [6.45, 7) is 2.09. The van der Waals surface area contributed by atoms with Crippen molar-refractivity contribution in [2.45, 2.75) is 25.8 Å². The minimum absolute atomic E-state index is 0.150. The van der Waals surface area contributed by atoms with Gasteiger partial charge in [0.25, 0.3) is 0 Å². The summed E-state index contributed by atoms with van der Waals surface area (Å²) in [6.07, 6.45) is 1.74. The van der Waals surface area contributed by atoms with E-state index in [1.54, 1.807) is 31.4 Å². The van der Waals surface area contributed by atoms with E-state index >= 15 is 0 Å². The molecule has 0 unspecified atom stereocenters. The van der Waals surface area contributed by atoms with E-state index in [2.05, 4.69) is 5.32 Å². The molecule has 0 fully saturated rings. The van der Waals surface area contributed by atoms with Gasteiger partial charge in [-0.25, -0.2) is 8.42 Å². The number of carbonyl (C=O) groups is 1. The van der Waals surface area contributed by atoms with E-state index in [0.29, 0.717) is 22.9 Å². The van der Waals surface area contributed by atoms with E-state index in [-0.39, 0.29) is 24.9 Å². The molecule has 1 atom stereocenters. The monoisotopic (exact) mass is 424 g/mol. The third-order valence-electron chi connectivity index (χ3n) is 4.26. The van der Waals surface area contributed by atoms with Gasteiger partial charge in [0.15, 0.2) is 0 Å². The topological polar surface area (TPSA) is 75.7 Å². The highest BCUT2D eigenvalue weighted by Crippen LogP contribution is 2.24. The van der Waals surface area contributed by atoms with Gasteiger partial charge in [-0.15, -0.1) is 0 Å². The number of ether oxygens (including phenoxy) is 1. The number of halogens is 1. The van der Waals surface area contributed by atoms with Gasteiger partial charge in [0.2, 0.25) is 15.9 Å². The highest BCUT2D eigenvalue weighted by Gasteiger charge is 2.18. The lowest BCUT2D eigenvalue weighted by Gasteiger charge is -2.22. The lowest BCUT2D eigenvalue weighted by Crippen LogP contribution is -2.32. The molecule has 152 valence electrons. The summed E-state index contributed by atoms with van der Waals surface area (Å²) in [6, 6.07) is 13.8. The molecule has 0 bridgehead atoms. The van der Waals surface area contributed by atoms with Crippen LogP contribution in [0, 0.1) is 0 Å². The van der Waals surface area contributed by atoms with Crippen LogP contribution < -0.4 is 14.4 Å². The fraction of sp³-hybridized carbons (Fsp3) is 0.350. The molecule has 0 heterocycles. The predicted octanol–water partition coefficient (Wildman–Crippen LogP) is 3.77. The maximum absolute atomic E-state index is 12.3. The molecule has 0 aromatic heterocycles. The molecule has 2 aromatic rings. The Balaban J connectivity index is 1.94. The Kier molecular flexibility index (Phi) is 7.71. The molecule has 0 aliphatic carbocycles. The number of para-hydroxylation sites is 1. The van der Waals surface area contributed by atoms with E-state index in [4.69, 9.17) is 16.3 Å². The first-order valence-corrected chi connectivity index (χ1v) is 11.1. The minimum Gasteiger partial charge on any atom is -0.496 e. The molecule has 6 nitrogen and oxygen atoms in total. The van der Waals surface area contributed by atoms with Crippen molar-refractivity contribution in [3.63, 3.8) is 0 Å². The number of benzene rings is 2. The van der Waals surface area contributed by atoms with Gasteiger partial charge in [0.05, 0.1) is 25.1 Å². The van der Waals surface area contributed by atoms with Crippen LogP contribution >= 0.6 is 11.6 Å². The van der Waals surface area contributed by atoms with Gasteiger partial charge < -0.3 is 10.1 Å². The molecule has 2 aromatic carbocycles. The Bertz CT molecular complexity index is 901. The smallest absolute Gasteiger partial charge is 0.232 e. The van der Waals surface area contributed by atoms with Gasteiger partial charge in [0, 0.05) is 23.6 Å². The molecule has 0 saturated carbocycles. The molecule has 2 rings (SSSR count). The minimum atomic E-state index is -3.46. The van der Waals surface area contributed by atoms with Crippen molar-refractivity contribution in [3.8, 4) is 5.75 Å². The maximum atomic E-state index is 12.3. The Morgan fingerprint density at radius 1 is 1.18 bits per heavy atom. The summed E-state index contributed by atoms with van der Waals surface area (Å²) in [4.78, 5) is 12.3. The van der Waals surface area contributed by atoms with Crippen LogP contribution in [-0.4, -0.2) is 34.2 Å². The number of nitrogens with zero attached hydrogens (tertiary/aromatic N) is 1. The fourth-order valence-electron chi connectivity index (χ4n) is 2.89. The summed E-state index contributed by atoms with van der Waals surface area (Å²) in [5.74, 6) is 0.559. The molecule has 0 aliphatic rings. The van der Waals surface area contributed by atoms with E-state index < -0.39 is 10.0 Å². The zero-order valence-electron chi connectivity index (χ0n) is 16.2. The first-order valence-electron chi connectivity index (χ1n) is 8.88. The lowest BCUT2D eigenvalue weighted by atomic mass is 10.1. The molecule has 0 aliphatic heterocycles. The number of sulfonamides is 1. The van der Waals surface area contributed by atoms with Gasteiger partial charge in [-0.3, -0.25) is 9.10 Å². The van der Waals surface area contributed by atoms with Crippen LogP contribution in [-0.2, 0) is 14.8 Å². The fourth-order valence-corrected chi connectivity index (χ4v) is 3.98. The Morgan fingerprint density at radius 2 is 1.82 bits per heavy atom. The molecule has 1 amide bonds.